The molecule has 2 aromatic carbocycles. The van der Waals surface area contributed by atoms with Crippen LogP contribution in [-0.4, -0.2) is 50.1 Å². The number of hydrogen-bond donors (Lipinski definition) is 2. The first-order chi connectivity index (χ1) is 15.5. The fourth-order valence-corrected chi connectivity index (χ4v) is 4.03. The number of carbonyl (C=O) groups excluding carboxylic acids is 2. The fourth-order valence-electron chi connectivity index (χ4n) is 4.03. The first-order valence-electron chi connectivity index (χ1n) is 11.2. The first kappa shape index (κ1) is 23.6. The SMILES string of the molecule is CCN(CC(=O)Nc1ccccc1C(=O)NC1CCCC1)Cc1ccc(OC)c(OC)c1. The summed E-state index contributed by atoms with van der Waals surface area (Å²) in [7, 11) is 3.21. The maximum Gasteiger partial charge on any atom is 0.253 e. The van der Waals surface area contributed by atoms with Gasteiger partial charge in [0.05, 0.1) is 32.0 Å². The smallest absolute Gasteiger partial charge is 0.253 e. The van der Waals surface area contributed by atoms with Gasteiger partial charge >= 0.3 is 0 Å². The van der Waals surface area contributed by atoms with Gasteiger partial charge in [0.2, 0.25) is 5.91 Å². The molecule has 0 unspecified atom stereocenters. The van der Waals surface area contributed by atoms with Crippen LogP contribution in [0.5, 0.6) is 11.5 Å². The third-order valence-electron chi connectivity index (χ3n) is 5.80. The maximum atomic E-state index is 12.8. The van der Waals surface area contributed by atoms with E-state index < -0.39 is 0 Å². The molecule has 7 heteroatoms. The van der Waals surface area contributed by atoms with Crippen molar-refractivity contribution in [2.45, 2.75) is 45.2 Å². The number of anilines is 1. The Morgan fingerprint density at radius 2 is 1.75 bits per heavy atom. The Hall–Kier alpha value is -3.06. The maximum absolute atomic E-state index is 12.8. The van der Waals surface area contributed by atoms with Crippen molar-refractivity contribution in [3.63, 3.8) is 0 Å². The van der Waals surface area contributed by atoms with Crippen molar-refractivity contribution in [1.29, 1.82) is 0 Å². The van der Waals surface area contributed by atoms with E-state index in [9.17, 15) is 9.59 Å². The van der Waals surface area contributed by atoms with Crippen LogP contribution in [0.4, 0.5) is 5.69 Å². The quantitative estimate of drug-likeness (QED) is 0.588. The zero-order chi connectivity index (χ0) is 22.9. The van der Waals surface area contributed by atoms with Gasteiger partial charge in [0.15, 0.2) is 11.5 Å². The minimum Gasteiger partial charge on any atom is -0.493 e. The van der Waals surface area contributed by atoms with Crippen molar-refractivity contribution in [3.05, 3.63) is 53.6 Å². The number of benzene rings is 2. The predicted octanol–water partition coefficient (Wildman–Crippen LogP) is 3.84. The van der Waals surface area contributed by atoms with Crippen LogP contribution in [0.2, 0.25) is 0 Å². The van der Waals surface area contributed by atoms with Crippen LogP contribution in [0, 0.1) is 0 Å². The third kappa shape index (κ3) is 6.23. The minimum absolute atomic E-state index is 0.134. The normalized spacial score (nSPS) is 13.8. The van der Waals surface area contributed by atoms with Crippen LogP contribution in [-0.2, 0) is 11.3 Å². The van der Waals surface area contributed by atoms with Crippen molar-refractivity contribution in [1.82, 2.24) is 10.2 Å². The molecule has 2 amide bonds. The van der Waals surface area contributed by atoms with Crippen molar-refractivity contribution < 1.29 is 19.1 Å². The number of carbonyl (C=O) groups is 2. The van der Waals surface area contributed by atoms with E-state index in [1.54, 1.807) is 26.4 Å². The number of rotatable bonds is 10. The standard InChI is InChI=1S/C25H33N3O4/c1-4-28(16-18-13-14-22(31-2)23(15-18)32-3)17-24(29)27-21-12-8-7-11-20(21)25(30)26-19-9-5-6-10-19/h7-8,11-15,19H,4-6,9-10,16-17H2,1-3H3,(H,26,30)(H,27,29). The molecule has 1 aliphatic carbocycles. The third-order valence-corrected chi connectivity index (χ3v) is 5.80. The molecule has 0 aliphatic heterocycles. The van der Waals surface area contributed by atoms with Gasteiger partial charge in [0, 0.05) is 12.6 Å². The van der Waals surface area contributed by atoms with Crippen LogP contribution in [0.1, 0.15) is 48.5 Å². The molecule has 3 rings (SSSR count). The lowest BCUT2D eigenvalue weighted by molar-refractivity contribution is -0.117. The lowest BCUT2D eigenvalue weighted by atomic mass is 10.1. The van der Waals surface area contributed by atoms with Gasteiger partial charge < -0.3 is 20.1 Å². The second kappa shape index (κ2) is 11.5. The Labute approximate surface area is 190 Å². The Balaban J connectivity index is 1.62. The van der Waals surface area contributed by atoms with Crippen molar-refractivity contribution in [2.24, 2.45) is 0 Å². The van der Waals surface area contributed by atoms with Gasteiger partial charge in [-0.25, -0.2) is 0 Å². The van der Waals surface area contributed by atoms with E-state index in [4.69, 9.17) is 9.47 Å². The molecule has 0 radical (unpaired) electrons. The molecule has 2 N–H and O–H groups in total. The van der Waals surface area contributed by atoms with Gasteiger partial charge in [-0.2, -0.15) is 0 Å². The molecule has 2 aromatic rings. The topological polar surface area (TPSA) is 79.9 Å². The summed E-state index contributed by atoms with van der Waals surface area (Å²) in [4.78, 5) is 27.6. The molecule has 0 saturated heterocycles. The van der Waals surface area contributed by atoms with Gasteiger partial charge in [0.1, 0.15) is 0 Å². The van der Waals surface area contributed by atoms with Crippen LogP contribution in [0.3, 0.4) is 0 Å². The molecule has 32 heavy (non-hydrogen) atoms. The van der Waals surface area contributed by atoms with Crippen LogP contribution in [0.25, 0.3) is 0 Å². The summed E-state index contributed by atoms with van der Waals surface area (Å²) in [6.07, 6.45) is 4.33. The molecular weight excluding hydrogens is 406 g/mol. The summed E-state index contributed by atoms with van der Waals surface area (Å²) in [5, 5.41) is 6.01. The first-order valence-corrected chi connectivity index (χ1v) is 11.2. The van der Waals surface area contributed by atoms with E-state index in [1.165, 1.54) is 0 Å². The summed E-state index contributed by atoms with van der Waals surface area (Å²) in [6.45, 7) is 3.51. The molecule has 172 valence electrons. The van der Waals surface area contributed by atoms with E-state index in [0.717, 1.165) is 31.2 Å². The van der Waals surface area contributed by atoms with E-state index >= 15 is 0 Å². The van der Waals surface area contributed by atoms with Gasteiger partial charge in [-0.05, 0) is 49.2 Å². The molecule has 0 spiro atoms. The van der Waals surface area contributed by atoms with E-state index in [0.29, 0.717) is 35.8 Å². The van der Waals surface area contributed by atoms with E-state index in [1.807, 2.05) is 42.2 Å². The van der Waals surface area contributed by atoms with Crippen LogP contribution < -0.4 is 20.1 Å². The Morgan fingerprint density at radius 1 is 1.03 bits per heavy atom. The molecule has 0 aromatic heterocycles. The summed E-state index contributed by atoms with van der Waals surface area (Å²) in [5.74, 6) is 1.04. The largest absolute Gasteiger partial charge is 0.493 e. The number of nitrogens with zero attached hydrogens (tertiary/aromatic N) is 1. The lowest BCUT2D eigenvalue weighted by Gasteiger charge is -2.21. The summed E-state index contributed by atoms with van der Waals surface area (Å²) >= 11 is 0. The highest BCUT2D eigenvalue weighted by atomic mass is 16.5. The number of nitrogens with one attached hydrogen (secondary N) is 2. The zero-order valence-electron chi connectivity index (χ0n) is 19.1. The molecule has 0 atom stereocenters. The predicted molar refractivity (Wildman–Crippen MR) is 125 cm³/mol. The van der Waals surface area contributed by atoms with Crippen LogP contribution >= 0.6 is 0 Å². The van der Waals surface area contributed by atoms with E-state index in [-0.39, 0.29) is 24.4 Å². The highest BCUT2D eigenvalue weighted by Gasteiger charge is 2.20. The monoisotopic (exact) mass is 439 g/mol. The van der Waals surface area contributed by atoms with Gasteiger partial charge in [0.25, 0.3) is 5.91 Å². The molecule has 0 bridgehead atoms. The summed E-state index contributed by atoms with van der Waals surface area (Å²) < 4.78 is 10.7. The number of ether oxygens (including phenoxy) is 2. The number of amides is 2. The zero-order valence-corrected chi connectivity index (χ0v) is 19.1. The molecule has 1 fully saturated rings. The van der Waals surface area contributed by atoms with Crippen molar-refractivity contribution in [2.75, 3.05) is 32.6 Å². The second-order valence-corrected chi connectivity index (χ2v) is 8.04. The molecule has 1 aliphatic rings. The average Bonchev–Trinajstić information content (AvgIpc) is 3.31. The molecule has 7 nitrogen and oxygen atoms in total. The molecular formula is C25H33N3O4. The number of para-hydroxylation sites is 1. The second-order valence-electron chi connectivity index (χ2n) is 8.04. The number of likely N-dealkylation sites (N-methyl/N-ethyl adjacent to an activating group) is 1. The highest BCUT2D eigenvalue weighted by molar-refractivity contribution is 6.04. The van der Waals surface area contributed by atoms with Gasteiger partial charge in [-0.3, -0.25) is 14.5 Å². The summed E-state index contributed by atoms with van der Waals surface area (Å²) in [6, 6.07) is 13.1. The average molecular weight is 440 g/mol. The van der Waals surface area contributed by atoms with Gasteiger partial charge in [-0.1, -0.05) is 38.0 Å². The summed E-state index contributed by atoms with van der Waals surface area (Å²) in [5.41, 5.74) is 2.06. The van der Waals surface area contributed by atoms with Crippen LogP contribution in [0.15, 0.2) is 42.5 Å². The van der Waals surface area contributed by atoms with E-state index in [2.05, 4.69) is 10.6 Å². The Bertz CT molecular complexity index is 925. The van der Waals surface area contributed by atoms with Gasteiger partial charge in [-0.15, -0.1) is 0 Å². The number of hydrogen-bond acceptors (Lipinski definition) is 5. The fraction of sp³-hybridized carbons (Fsp3) is 0.440. The number of methoxy groups -OCH3 is 2. The Kier molecular flexibility index (Phi) is 8.50. The molecule has 1 saturated carbocycles. The Morgan fingerprint density at radius 3 is 2.44 bits per heavy atom. The van der Waals surface area contributed by atoms with Crippen molar-refractivity contribution in [3.8, 4) is 11.5 Å². The van der Waals surface area contributed by atoms with Crippen molar-refractivity contribution >= 4 is 17.5 Å². The lowest BCUT2D eigenvalue weighted by Crippen LogP contribution is -2.35. The highest BCUT2D eigenvalue weighted by Crippen LogP contribution is 2.28. The minimum atomic E-state index is -0.159. The molecule has 0 heterocycles.